The SMILES string of the molecule is O=C(Nc1ccc(C(F)(F)F)cc1)N1CC[C@@H](CCO)C1. The minimum Gasteiger partial charge on any atom is -0.396 e. The van der Waals surface area contributed by atoms with E-state index in [1.807, 2.05) is 0 Å². The molecule has 1 aliphatic heterocycles. The monoisotopic (exact) mass is 302 g/mol. The van der Waals surface area contributed by atoms with Crippen molar-refractivity contribution in [2.75, 3.05) is 25.0 Å². The maximum Gasteiger partial charge on any atom is 0.416 e. The molecule has 0 aliphatic carbocycles. The molecule has 0 spiro atoms. The van der Waals surface area contributed by atoms with Gasteiger partial charge in [-0.05, 0) is 43.0 Å². The smallest absolute Gasteiger partial charge is 0.396 e. The molecule has 0 bridgehead atoms. The maximum absolute atomic E-state index is 12.4. The second kappa shape index (κ2) is 6.34. The fourth-order valence-electron chi connectivity index (χ4n) is 2.38. The van der Waals surface area contributed by atoms with E-state index in [0.29, 0.717) is 25.2 Å². The minimum atomic E-state index is -4.38. The third kappa shape index (κ3) is 4.10. The highest BCUT2D eigenvalue weighted by Gasteiger charge is 2.30. The van der Waals surface area contributed by atoms with Crippen molar-refractivity contribution in [3.05, 3.63) is 29.8 Å². The summed E-state index contributed by atoms with van der Waals surface area (Å²) in [6.45, 7) is 1.25. The van der Waals surface area contributed by atoms with E-state index in [9.17, 15) is 18.0 Å². The fourth-order valence-corrected chi connectivity index (χ4v) is 2.38. The first-order valence-corrected chi connectivity index (χ1v) is 6.74. The van der Waals surface area contributed by atoms with Crippen molar-refractivity contribution in [3.8, 4) is 0 Å². The molecule has 7 heteroatoms. The van der Waals surface area contributed by atoms with E-state index in [2.05, 4.69) is 5.32 Å². The van der Waals surface area contributed by atoms with Crippen molar-refractivity contribution in [2.24, 2.45) is 5.92 Å². The van der Waals surface area contributed by atoms with Crippen LogP contribution in [0.15, 0.2) is 24.3 Å². The number of aliphatic hydroxyl groups excluding tert-OH is 1. The Morgan fingerprint density at radius 3 is 2.57 bits per heavy atom. The van der Waals surface area contributed by atoms with Gasteiger partial charge in [0.05, 0.1) is 5.56 Å². The van der Waals surface area contributed by atoms with Gasteiger partial charge in [0.1, 0.15) is 0 Å². The first-order valence-electron chi connectivity index (χ1n) is 6.74. The number of likely N-dealkylation sites (tertiary alicyclic amines) is 1. The molecule has 0 aromatic heterocycles. The minimum absolute atomic E-state index is 0.0963. The number of carbonyl (C=O) groups is 1. The van der Waals surface area contributed by atoms with Crippen LogP contribution >= 0.6 is 0 Å². The van der Waals surface area contributed by atoms with Gasteiger partial charge in [-0.3, -0.25) is 0 Å². The zero-order chi connectivity index (χ0) is 15.5. The largest absolute Gasteiger partial charge is 0.416 e. The number of hydrogen-bond acceptors (Lipinski definition) is 2. The number of aliphatic hydroxyl groups is 1. The van der Waals surface area contributed by atoms with E-state index in [0.717, 1.165) is 18.6 Å². The van der Waals surface area contributed by atoms with Crippen LogP contribution in [0.1, 0.15) is 18.4 Å². The van der Waals surface area contributed by atoms with Crippen molar-refractivity contribution in [1.82, 2.24) is 4.90 Å². The van der Waals surface area contributed by atoms with Gasteiger partial charge in [0.25, 0.3) is 0 Å². The number of benzene rings is 1. The number of urea groups is 1. The predicted molar refractivity (Wildman–Crippen MR) is 71.8 cm³/mol. The van der Waals surface area contributed by atoms with Gasteiger partial charge in [0.2, 0.25) is 0 Å². The average Bonchev–Trinajstić information content (AvgIpc) is 2.87. The van der Waals surface area contributed by atoms with Gasteiger partial charge in [-0.25, -0.2) is 4.79 Å². The number of hydrogen-bond donors (Lipinski definition) is 2. The Morgan fingerprint density at radius 2 is 2.00 bits per heavy atom. The Balaban J connectivity index is 1.91. The highest BCUT2D eigenvalue weighted by Crippen LogP contribution is 2.30. The number of anilines is 1. The van der Waals surface area contributed by atoms with Gasteiger partial charge < -0.3 is 15.3 Å². The molecule has 2 rings (SSSR count). The molecule has 4 nitrogen and oxygen atoms in total. The van der Waals surface area contributed by atoms with Crippen molar-refractivity contribution in [3.63, 3.8) is 0 Å². The second-order valence-corrected chi connectivity index (χ2v) is 5.12. The van der Waals surface area contributed by atoms with Crippen molar-refractivity contribution < 1.29 is 23.1 Å². The lowest BCUT2D eigenvalue weighted by molar-refractivity contribution is -0.137. The molecule has 1 atom stereocenters. The van der Waals surface area contributed by atoms with Crippen LogP contribution in [0.25, 0.3) is 0 Å². The van der Waals surface area contributed by atoms with E-state index >= 15 is 0 Å². The first kappa shape index (κ1) is 15.6. The number of rotatable bonds is 3. The van der Waals surface area contributed by atoms with Crippen molar-refractivity contribution in [1.29, 1.82) is 0 Å². The fraction of sp³-hybridized carbons (Fsp3) is 0.500. The molecule has 1 heterocycles. The molecule has 2 N–H and O–H groups in total. The van der Waals surface area contributed by atoms with Gasteiger partial charge >= 0.3 is 12.2 Å². The Kier molecular flexibility index (Phi) is 4.72. The van der Waals surface area contributed by atoms with Gasteiger partial charge in [0, 0.05) is 25.4 Å². The Morgan fingerprint density at radius 1 is 1.33 bits per heavy atom. The highest BCUT2D eigenvalue weighted by atomic mass is 19.4. The lowest BCUT2D eigenvalue weighted by Gasteiger charge is -2.17. The summed E-state index contributed by atoms with van der Waals surface area (Å²) in [6.07, 6.45) is -2.89. The van der Waals surface area contributed by atoms with Crippen LogP contribution in [-0.2, 0) is 6.18 Å². The third-order valence-electron chi connectivity index (χ3n) is 3.57. The zero-order valence-corrected chi connectivity index (χ0v) is 11.4. The lowest BCUT2D eigenvalue weighted by Crippen LogP contribution is -2.33. The topological polar surface area (TPSA) is 52.6 Å². The van der Waals surface area contributed by atoms with Gasteiger partial charge in [-0.1, -0.05) is 0 Å². The van der Waals surface area contributed by atoms with Crippen LogP contribution in [0.3, 0.4) is 0 Å². The molecular weight excluding hydrogens is 285 g/mol. The summed E-state index contributed by atoms with van der Waals surface area (Å²) < 4.78 is 37.3. The molecule has 1 aliphatic rings. The summed E-state index contributed by atoms with van der Waals surface area (Å²) in [5.74, 6) is 0.286. The Bertz CT molecular complexity index is 488. The average molecular weight is 302 g/mol. The van der Waals surface area contributed by atoms with Gasteiger partial charge in [-0.15, -0.1) is 0 Å². The molecule has 0 unspecified atom stereocenters. The molecule has 116 valence electrons. The number of nitrogens with zero attached hydrogens (tertiary/aromatic N) is 1. The van der Waals surface area contributed by atoms with Crippen LogP contribution < -0.4 is 5.32 Å². The van der Waals surface area contributed by atoms with Gasteiger partial charge in [-0.2, -0.15) is 13.2 Å². The summed E-state index contributed by atoms with van der Waals surface area (Å²) in [4.78, 5) is 13.6. The number of amides is 2. The highest BCUT2D eigenvalue weighted by molar-refractivity contribution is 5.89. The predicted octanol–water partition coefficient (Wildman–Crippen LogP) is 2.94. The van der Waals surface area contributed by atoms with E-state index in [4.69, 9.17) is 5.11 Å². The van der Waals surface area contributed by atoms with Crippen LogP contribution in [0, 0.1) is 5.92 Å². The normalized spacial score (nSPS) is 18.9. The number of carbonyl (C=O) groups excluding carboxylic acids is 1. The van der Waals surface area contributed by atoms with E-state index < -0.39 is 11.7 Å². The Hall–Kier alpha value is -1.76. The summed E-state index contributed by atoms with van der Waals surface area (Å²) in [6, 6.07) is 4.03. The molecule has 1 saturated heterocycles. The number of alkyl halides is 3. The standard InChI is InChI=1S/C14H17F3N2O2/c15-14(16,17)11-1-3-12(4-2-11)18-13(21)19-7-5-10(9-19)6-8-20/h1-4,10,20H,5-9H2,(H,18,21)/t10-/m0/s1. The molecule has 2 amide bonds. The second-order valence-electron chi connectivity index (χ2n) is 5.12. The maximum atomic E-state index is 12.4. The van der Waals surface area contributed by atoms with Crippen LogP contribution in [0.4, 0.5) is 23.7 Å². The molecule has 1 aromatic carbocycles. The van der Waals surface area contributed by atoms with E-state index in [-0.39, 0.29) is 18.6 Å². The molecule has 0 saturated carbocycles. The summed E-state index contributed by atoms with van der Waals surface area (Å²) >= 11 is 0. The van der Waals surface area contributed by atoms with Crippen molar-refractivity contribution >= 4 is 11.7 Å². The van der Waals surface area contributed by atoms with Gasteiger partial charge in [0.15, 0.2) is 0 Å². The number of halogens is 3. The molecule has 1 aromatic rings. The van der Waals surface area contributed by atoms with Crippen LogP contribution in [0.5, 0.6) is 0 Å². The molecule has 0 radical (unpaired) electrons. The van der Waals surface area contributed by atoms with E-state index in [1.54, 1.807) is 4.90 Å². The lowest BCUT2D eigenvalue weighted by atomic mass is 10.1. The van der Waals surface area contributed by atoms with E-state index in [1.165, 1.54) is 12.1 Å². The zero-order valence-electron chi connectivity index (χ0n) is 11.4. The van der Waals surface area contributed by atoms with Crippen LogP contribution in [-0.4, -0.2) is 35.7 Å². The Labute approximate surface area is 120 Å². The number of nitrogens with one attached hydrogen (secondary N) is 1. The third-order valence-corrected chi connectivity index (χ3v) is 3.57. The summed E-state index contributed by atoms with van der Waals surface area (Å²) in [5, 5.41) is 11.4. The summed E-state index contributed by atoms with van der Waals surface area (Å²) in [5.41, 5.74) is -0.414. The summed E-state index contributed by atoms with van der Waals surface area (Å²) in [7, 11) is 0. The van der Waals surface area contributed by atoms with Crippen LogP contribution in [0.2, 0.25) is 0 Å². The molecular formula is C14H17F3N2O2. The molecule has 1 fully saturated rings. The quantitative estimate of drug-likeness (QED) is 0.902. The first-order chi connectivity index (χ1) is 9.90. The van der Waals surface area contributed by atoms with Crippen molar-refractivity contribution in [2.45, 2.75) is 19.0 Å². The molecule has 21 heavy (non-hydrogen) atoms.